The lowest BCUT2D eigenvalue weighted by molar-refractivity contribution is -0.757. The van der Waals surface area contributed by atoms with Gasteiger partial charge < -0.3 is 24.4 Å². The second kappa shape index (κ2) is 17.4. The van der Waals surface area contributed by atoms with Crippen LogP contribution in [0.2, 0.25) is 0 Å². The molecule has 11 nitrogen and oxygen atoms in total. The van der Waals surface area contributed by atoms with Gasteiger partial charge in [0.2, 0.25) is 5.91 Å². The molecular formula is C26H39N3O8S2. The van der Waals surface area contributed by atoms with Crippen molar-refractivity contribution in [2.45, 2.75) is 67.7 Å². The van der Waals surface area contributed by atoms with Gasteiger partial charge in [0.25, 0.3) is 5.09 Å². The molecule has 0 bridgehead atoms. The Hall–Kier alpha value is -2.35. The van der Waals surface area contributed by atoms with Crippen LogP contribution in [0.5, 0.6) is 0 Å². The summed E-state index contributed by atoms with van der Waals surface area (Å²) in [6.45, 7) is 4.93. The van der Waals surface area contributed by atoms with Crippen LogP contribution in [0, 0.1) is 10.1 Å². The average molecular weight is 586 g/mol. The Kier molecular flexibility index (Phi) is 14.6. The van der Waals surface area contributed by atoms with Gasteiger partial charge in [-0.05, 0) is 62.5 Å². The van der Waals surface area contributed by atoms with Gasteiger partial charge >= 0.3 is 5.97 Å². The lowest BCUT2D eigenvalue weighted by Crippen LogP contribution is -2.59. The molecule has 39 heavy (non-hydrogen) atoms. The molecule has 0 saturated carbocycles. The van der Waals surface area contributed by atoms with E-state index in [-0.39, 0.29) is 22.6 Å². The average Bonchev–Trinajstić information content (AvgIpc) is 2.95. The molecule has 1 amide bonds. The van der Waals surface area contributed by atoms with E-state index >= 15 is 0 Å². The Morgan fingerprint density at radius 2 is 1.95 bits per heavy atom. The predicted octanol–water partition coefficient (Wildman–Crippen LogP) is 3.04. The first-order chi connectivity index (χ1) is 18.8. The number of hydrogen-bond acceptors (Lipinski definition) is 10. The molecule has 1 spiro atoms. The number of nitrogens with one attached hydrogen (secondary N) is 1. The number of likely N-dealkylation sites (tertiary alicyclic amines) is 1. The summed E-state index contributed by atoms with van der Waals surface area (Å²) in [5.74, 6) is 1.05. The van der Waals surface area contributed by atoms with Crippen LogP contribution in [0.25, 0.3) is 0 Å². The van der Waals surface area contributed by atoms with Gasteiger partial charge in [-0.25, -0.2) is 0 Å². The van der Waals surface area contributed by atoms with Crippen LogP contribution in [0.15, 0.2) is 30.3 Å². The molecule has 1 aromatic rings. The summed E-state index contributed by atoms with van der Waals surface area (Å²) in [5, 5.41) is 22.3. The van der Waals surface area contributed by atoms with Crippen molar-refractivity contribution < 1.29 is 34.2 Å². The highest BCUT2D eigenvalue weighted by atomic mass is 32.2. The third-order valence-corrected chi connectivity index (χ3v) is 10.0. The van der Waals surface area contributed by atoms with Crippen molar-refractivity contribution in [3.63, 3.8) is 0 Å². The number of carbonyl (C=O) groups excluding carboxylic acids is 2. The van der Waals surface area contributed by atoms with E-state index in [0.717, 1.165) is 36.3 Å². The SMILES string of the molecule is C=O.CC(NC(CCc1ccccc1)C(=O)O)C(=O)N1CC2(CCC1COCCCO[N+](=O)[O-])SCCCS2. The molecule has 13 heteroatoms. The molecule has 2 fully saturated rings. The third kappa shape index (κ3) is 11.0. The number of rotatable bonds is 14. The number of aliphatic carboxylic acids is 1. The fourth-order valence-electron chi connectivity index (χ4n) is 4.67. The summed E-state index contributed by atoms with van der Waals surface area (Å²) in [5.41, 5.74) is 1.06. The van der Waals surface area contributed by atoms with Gasteiger partial charge in [-0.1, -0.05) is 30.3 Å². The lowest BCUT2D eigenvalue weighted by Gasteiger charge is -2.48. The maximum Gasteiger partial charge on any atom is 0.320 e. The maximum absolute atomic E-state index is 13.7. The van der Waals surface area contributed by atoms with E-state index in [4.69, 9.17) is 9.53 Å². The van der Waals surface area contributed by atoms with Crippen molar-refractivity contribution in [3.05, 3.63) is 46.0 Å². The van der Waals surface area contributed by atoms with E-state index in [0.29, 0.717) is 39.0 Å². The van der Waals surface area contributed by atoms with E-state index in [2.05, 4.69) is 10.2 Å². The molecule has 3 unspecified atom stereocenters. The predicted molar refractivity (Wildman–Crippen MR) is 151 cm³/mol. The van der Waals surface area contributed by atoms with Crippen LogP contribution in [-0.4, -0.2) is 93.8 Å². The van der Waals surface area contributed by atoms with Gasteiger partial charge in [-0.3, -0.25) is 14.9 Å². The van der Waals surface area contributed by atoms with Gasteiger partial charge in [-0.2, -0.15) is 0 Å². The molecule has 2 heterocycles. The smallest absolute Gasteiger partial charge is 0.320 e. The highest BCUT2D eigenvalue weighted by Crippen LogP contribution is 2.49. The number of carbonyl (C=O) groups is 3. The summed E-state index contributed by atoms with van der Waals surface area (Å²) in [7, 11) is 0. The largest absolute Gasteiger partial charge is 0.480 e. The zero-order valence-electron chi connectivity index (χ0n) is 22.3. The summed E-state index contributed by atoms with van der Waals surface area (Å²) in [6.07, 6.45) is 4.29. The lowest BCUT2D eigenvalue weighted by atomic mass is 10.00. The molecule has 2 aliphatic rings. The third-order valence-electron chi connectivity index (χ3n) is 6.64. The van der Waals surface area contributed by atoms with Crippen molar-refractivity contribution in [2.24, 2.45) is 0 Å². The molecular weight excluding hydrogens is 546 g/mol. The number of hydrogen-bond donors (Lipinski definition) is 2. The van der Waals surface area contributed by atoms with Gasteiger partial charge in [0.1, 0.15) is 12.8 Å². The number of benzene rings is 1. The van der Waals surface area contributed by atoms with Gasteiger partial charge in [0, 0.05) is 13.2 Å². The van der Waals surface area contributed by atoms with Crippen LogP contribution in [0.3, 0.4) is 0 Å². The van der Waals surface area contributed by atoms with E-state index < -0.39 is 23.1 Å². The Balaban J connectivity index is 0.00000260. The first-order valence-corrected chi connectivity index (χ1v) is 15.0. The topological polar surface area (TPSA) is 148 Å². The van der Waals surface area contributed by atoms with Crippen LogP contribution >= 0.6 is 23.5 Å². The molecule has 3 atom stereocenters. The Labute approximate surface area is 237 Å². The monoisotopic (exact) mass is 585 g/mol. The molecule has 218 valence electrons. The minimum atomic E-state index is -0.971. The summed E-state index contributed by atoms with van der Waals surface area (Å²) in [4.78, 5) is 50.1. The van der Waals surface area contributed by atoms with E-state index in [1.165, 1.54) is 0 Å². The summed E-state index contributed by atoms with van der Waals surface area (Å²) < 4.78 is 5.73. The molecule has 2 N–H and O–H groups in total. The van der Waals surface area contributed by atoms with Crippen LogP contribution in [0.1, 0.15) is 44.6 Å². The number of aryl methyl sites for hydroxylation is 1. The number of thioether (sulfide) groups is 2. The standard InChI is InChI=1S/C25H37N3O7S2.CH2O/c1-19(26-22(24(30)31)10-9-20-7-3-2-4-8-20)23(29)27-18-25(36-15-6-16-37-25)12-11-21(27)17-34-13-5-14-35-28(32)33;1-2/h2-4,7-8,19,21-22,26H,5-6,9-18H2,1H3,(H,30,31);1H2. The zero-order chi connectivity index (χ0) is 28.7. The highest BCUT2D eigenvalue weighted by molar-refractivity contribution is 8.18. The second-order valence-corrected chi connectivity index (χ2v) is 12.6. The minimum Gasteiger partial charge on any atom is -0.480 e. The van der Waals surface area contributed by atoms with Crippen molar-refractivity contribution in [2.75, 3.05) is 37.9 Å². The number of ether oxygens (including phenoxy) is 1. The van der Waals surface area contributed by atoms with E-state index in [1.807, 2.05) is 65.5 Å². The number of piperidine rings is 1. The van der Waals surface area contributed by atoms with E-state index in [1.54, 1.807) is 6.92 Å². The van der Waals surface area contributed by atoms with Gasteiger partial charge in [-0.15, -0.1) is 33.6 Å². The van der Waals surface area contributed by atoms with Crippen LogP contribution < -0.4 is 5.32 Å². The van der Waals surface area contributed by atoms with Crippen molar-refractivity contribution in [3.8, 4) is 0 Å². The minimum absolute atomic E-state index is 0.0305. The van der Waals surface area contributed by atoms with Crippen molar-refractivity contribution in [1.29, 1.82) is 0 Å². The quantitative estimate of drug-likeness (QED) is 0.188. The Bertz CT molecular complexity index is 904. The van der Waals surface area contributed by atoms with Crippen molar-refractivity contribution >= 4 is 42.2 Å². The molecule has 1 aromatic carbocycles. The highest BCUT2D eigenvalue weighted by Gasteiger charge is 2.44. The number of amides is 1. The molecule has 3 rings (SSSR count). The molecule has 2 saturated heterocycles. The molecule has 0 radical (unpaired) electrons. The summed E-state index contributed by atoms with van der Waals surface area (Å²) >= 11 is 3.83. The fourth-order valence-corrected chi connectivity index (χ4v) is 7.99. The maximum atomic E-state index is 13.7. The second-order valence-electron chi connectivity index (χ2n) is 9.41. The zero-order valence-corrected chi connectivity index (χ0v) is 24.0. The first kappa shape index (κ1) is 32.9. The van der Waals surface area contributed by atoms with Crippen LogP contribution in [0.4, 0.5) is 0 Å². The molecule has 0 aliphatic carbocycles. The van der Waals surface area contributed by atoms with Gasteiger partial charge in [0.05, 0.1) is 29.4 Å². The Morgan fingerprint density at radius 3 is 2.59 bits per heavy atom. The number of carboxylic acid groups (broad SMARTS) is 1. The van der Waals surface area contributed by atoms with Crippen LogP contribution in [-0.2, 0) is 30.4 Å². The fraction of sp³-hybridized carbons (Fsp3) is 0.654. The first-order valence-electron chi connectivity index (χ1n) is 13.0. The van der Waals surface area contributed by atoms with Crippen molar-refractivity contribution in [1.82, 2.24) is 10.2 Å². The van der Waals surface area contributed by atoms with Gasteiger partial charge in [0.15, 0.2) is 0 Å². The number of nitrogens with zero attached hydrogens (tertiary/aromatic N) is 2. The summed E-state index contributed by atoms with van der Waals surface area (Å²) in [6, 6.07) is 8.07. The molecule has 0 aromatic heterocycles. The van der Waals surface area contributed by atoms with E-state index in [9.17, 15) is 24.8 Å². The normalized spacial score (nSPS) is 19.8. The Morgan fingerprint density at radius 1 is 1.26 bits per heavy atom. The number of carboxylic acids is 1. The molecule has 2 aliphatic heterocycles.